The van der Waals surface area contributed by atoms with Crippen LogP contribution >= 0.6 is 0 Å². The van der Waals surface area contributed by atoms with Crippen molar-refractivity contribution in [1.29, 1.82) is 0 Å². The lowest BCUT2D eigenvalue weighted by molar-refractivity contribution is -0.167. The van der Waals surface area contributed by atoms with Crippen molar-refractivity contribution < 1.29 is 28.6 Å². The van der Waals surface area contributed by atoms with Gasteiger partial charge in [0, 0.05) is 19.3 Å². The summed E-state index contributed by atoms with van der Waals surface area (Å²) in [6.45, 7) is 6.45. The lowest BCUT2D eigenvalue weighted by Gasteiger charge is -2.18. The first-order valence-electron chi connectivity index (χ1n) is 33.2. The van der Waals surface area contributed by atoms with Crippen molar-refractivity contribution in [1.82, 2.24) is 0 Å². The predicted molar refractivity (Wildman–Crippen MR) is 339 cm³/mol. The molecule has 0 aliphatic carbocycles. The van der Waals surface area contributed by atoms with Crippen LogP contribution in [0.4, 0.5) is 0 Å². The molecule has 0 aromatic heterocycles. The van der Waals surface area contributed by atoms with Crippen molar-refractivity contribution >= 4 is 17.9 Å². The first-order valence-corrected chi connectivity index (χ1v) is 33.2. The van der Waals surface area contributed by atoms with Crippen LogP contribution in [-0.4, -0.2) is 37.2 Å². The molecule has 0 N–H and O–H groups in total. The van der Waals surface area contributed by atoms with Gasteiger partial charge in [0.1, 0.15) is 13.2 Å². The van der Waals surface area contributed by atoms with Crippen molar-refractivity contribution in [3.8, 4) is 0 Å². The Labute approximate surface area is 483 Å². The highest BCUT2D eigenvalue weighted by Gasteiger charge is 2.19. The summed E-state index contributed by atoms with van der Waals surface area (Å²) in [5.41, 5.74) is 0. The molecule has 1 atom stereocenters. The highest BCUT2D eigenvalue weighted by molar-refractivity contribution is 5.71. The van der Waals surface area contributed by atoms with Gasteiger partial charge in [-0.3, -0.25) is 14.4 Å². The fourth-order valence-electron chi connectivity index (χ4n) is 9.33. The van der Waals surface area contributed by atoms with Crippen LogP contribution in [-0.2, 0) is 28.6 Å². The van der Waals surface area contributed by atoms with Gasteiger partial charge in [0.25, 0.3) is 0 Å². The van der Waals surface area contributed by atoms with E-state index >= 15 is 0 Å². The maximum Gasteiger partial charge on any atom is 0.306 e. The van der Waals surface area contributed by atoms with E-state index in [2.05, 4.69) is 118 Å². The molecule has 0 heterocycles. The van der Waals surface area contributed by atoms with Crippen LogP contribution in [0, 0.1) is 0 Å². The van der Waals surface area contributed by atoms with E-state index in [4.69, 9.17) is 14.2 Å². The molecular formula is C72H124O6. The molecule has 0 saturated carbocycles. The van der Waals surface area contributed by atoms with Crippen molar-refractivity contribution in [2.75, 3.05) is 13.2 Å². The first-order chi connectivity index (χ1) is 38.5. The summed E-state index contributed by atoms with van der Waals surface area (Å²) in [4.78, 5) is 38.2. The molecule has 0 aliphatic rings. The van der Waals surface area contributed by atoms with Crippen LogP contribution in [0.2, 0.25) is 0 Å². The molecule has 0 saturated heterocycles. The average Bonchev–Trinajstić information content (AvgIpc) is 3.44. The molecule has 0 amide bonds. The van der Waals surface area contributed by atoms with Gasteiger partial charge in [-0.25, -0.2) is 0 Å². The highest BCUT2D eigenvalue weighted by atomic mass is 16.6. The van der Waals surface area contributed by atoms with Gasteiger partial charge in [0.05, 0.1) is 0 Å². The van der Waals surface area contributed by atoms with Gasteiger partial charge >= 0.3 is 17.9 Å². The maximum absolute atomic E-state index is 12.9. The van der Waals surface area contributed by atoms with E-state index in [-0.39, 0.29) is 31.1 Å². The molecule has 0 aromatic rings. The topological polar surface area (TPSA) is 78.9 Å². The number of rotatable bonds is 60. The maximum atomic E-state index is 12.9. The summed E-state index contributed by atoms with van der Waals surface area (Å²) < 4.78 is 16.9. The summed E-state index contributed by atoms with van der Waals surface area (Å²) in [7, 11) is 0. The Kier molecular flexibility index (Phi) is 62.7. The van der Waals surface area contributed by atoms with Gasteiger partial charge in [-0.15, -0.1) is 0 Å². The van der Waals surface area contributed by atoms with Crippen LogP contribution in [0.25, 0.3) is 0 Å². The number of hydrogen-bond acceptors (Lipinski definition) is 6. The van der Waals surface area contributed by atoms with Crippen molar-refractivity contribution in [2.24, 2.45) is 0 Å². The number of allylic oxidation sites excluding steroid dienone is 16. The fourth-order valence-corrected chi connectivity index (χ4v) is 9.33. The molecule has 448 valence electrons. The largest absolute Gasteiger partial charge is 0.462 e. The van der Waals surface area contributed by atoms with Crippen molar-refractivity contribution in [3.05, 3.63) is 97.2 Å². The molecule has 0 rings (SSSR count). The SMILES string of the molecule is CC/C=C\C/C=C\C/C=C\C/C=C\CCCCCCC(=O)OC(COC(=O)CCCCCCC/C=C\CCC)COC(=O)CCCCCCCCCCCCCCCCCCCC/C=C\C/C=C\C/C=C\CCCCCCC. The smallest absolute Gasteiger partial charge is 0.306 e. The van der Waals surface area contributed by atoms with Gasteiger partial charge < -0.3 is 14.2 Å². The molecule has 0 aromatic carbocycles. The number of unbranched alkanes of at least 4 members (excludes halogenated alkanes) is 33. The van der Waals surface area contributed by atoms with Crippen molar-refractivity contribution in [3.63, 3.8) is 0 Å². The Morgan fingerprint density at radius 2 is 0.526 bits per heavy atom. The second kappa shape index (κ2) is 65.8. The molecule has 0 aliphatic heterocycles. The summed E-state index contributed by atoms with van der Waals surface area (Å²) in [5.74, 6) is -0.915. The minimum atomic E-state index is -0.793. The van der Waals surface area contributed by atoms with E-state index in [0.717, 1.165) is 128 Å². The Morgan fingerprint density at radius 3 is 0.846 bits per heavy atom. The summed E-state index contributed by atoms with van der Waals surface area (Å²) in [6.07, 6.45) is 88.8. The third-order valence-corrected chi connectivity index (χ3v) is 14.3. The van der Waals surface area contributed by atoms with Gasteiger partial charge in [0.15, 0.2) is 6.10 Å². The number of esters is 3. The number of carbonyl (C=O) groups excluding carboxylic acids is 3. The average molecular weight is 1090 g/mol. The van der Waals surface area contributed by atoms with Gasteiger partial charge in [0.2, 0.25) is 0 Å². The number of carbonyl (C=O) groups is 3. The van der Waals surface area contributed by atoms with E-state index in [9.17, 15) is 14.4 Å². The number of ether oxygens (including phenoxy) is 3. The molecule has 6 nitrogen and oxygen atoms in total. The Morgan fingerprint density at radius 1 is 0.269 bits per heavy atom. The van der Waals surface area contributed by atoms with Crippen LogP contribution in [0.3, 0.4) is 0 Å². The lowest BCUT2D eigenvalue weighted by Crippen LogP contribution is -2.30. The quantitative estimate of drug-likeness (QED) is 0.0261. The van der Waals surface area contributed by atoms with E-state index < -0.39 is 6.10 Å². The van der Waals surface area contributed by atoms with Gasteiger partial charge in [-0.1, -0.05) is 285 Å². The van der Waals surface area contributed by atoms with E-state index in [0.29, 0.717) is 19.3 Å². The van der Waals surface area contributed by atoms with Crippen LogP contribution in [0.5, 0.6) is 0 Å². The van der Waals surface area contributed by atoms with Crippen LogP contribution in [0.1, 0.15) is 323 Å². The van der Waals surface area contributed by atoms with E-state index in [1.165, 1.54) is 154 Å². The zero-order valence-electron chi connectivity index (χ0n) is 51.4. The molecule has 0 fully saturated rings. The predicted octanol–water partition coefficient (Wildman–Crippen LogP) is 22.8. The molecule has 1 unspecified atom stereocenters. The fraction of sp³-hybridized carbons (Fsp3) is 0.736. The summed E-state index contributed by atoms with van der Waals surface area (Å²) in [5, 5.41) is 0. The van der Waals surface area contributed by atoms with E-state index in [1.54, 1.807) is 0 Å². The monoisotopic (exact) mass is 1080 g/mol. The zero-order valence-corrected chi connectivity index (χ0v) is 51.4. The Hall–Kier alpha value is -3.67. The minimum Gasteiger partial charge on any atom is -0.462 e. The third kappa shape index (κ3) is 63.2. The summed E-state index contributed by atoms with van der Waals surface area (Å²) >= 11 is 0. The Balaban J connectivity index is 4.13. The zero-order chi connectivity index (χ0) is 56.4. The molecule has 6 heteroatoms. The van der Waals surface area contributed by atoms with E-state index in [1.807, 2.05) is 0 Å². The molecule has 0 bridgehead atoms. The second-order valence-corrected chi connectivity index (χ2v) is 22.0. The normalized spacial score (nSPS) is 12.7. The van der Waals surface area contributed by atoms with Gasteiger partial charge in [-0.05, 0) is 116 Å². The minimum absolute atomic E-state index is 0.0883. The molecular weight excluding hydrogens is 961 g/mol. The molecule has 78 heavy (non-hydrogen) atoms. The molecule has 0 spiro atoms. The van der Waals surface area contributed by atoms with Crippen molar-refractivity contribution in [2.45, 2.75) is 329 Å². The van der Waals surface area contributed by atoms with Gasteiger partial charge in [-0.2, -0.15) is 0 Å². The van der Waals surface area contributed by atoms with Crippen LogP contribution in [0.15, 0.2) is 97.2 Å². The standard InChI is InChI=1S/C72H124O6/c1-4-7-10-13-16-19-22-24-26-28-29-30-31-32-33-34-35-36-37-38-39-40-41-42-43-45-46-48-50-53-56-59-62-65-71(74)77-68-69(67-76-70(73)64-61-58-55-52-21-18-15-12-9-6-3)78-72(75)66-63-60-57-54-51-49-47-44-27-25-23-20-17-14-11-8-5-2/h8,11-12,15,17,20,22,24-25,27-29,31-32,47,49,69H,4-7,9-10,13-14,16,18-19,21,23,26,30,33-46,48,50-68H2,1-3H3/b11-8-,15-12-,20-17-,24-22-,27-25-,29-28-,32-31-,49-47-. The molecule has 0 radical (unpaired) electrons. The number of hydrogen-bond donors (Lipinski definition) is 0. The lowest BCUT2D eigenvalue weighted by atomic mass is 10.0. The second-order valence-electron chi connectivity index (χ2n) is 22.0. The Bertz CT molecular complexity index is 1530. The summed E-state index contributed by atoms with van der Waals surface area (Å²) in [6, 6.07) is 0. The highest BCUT2D eigenvalue weighted by Crippen LogP contribution is 2.17. The van der Waals surface area contributed by atoms with Crippen LogP contribution < -0.4 is 0 Å². The first kappa shape index (κ1) is 74.3. The third-order valence-electron chi connectivity index (χ3n) is 14.3.